The zero-order valence-corrected chi connectivity index (χ0v) is 15.8. The first kappa shape index (κ1) is 22.8. The quantitative estimate of drug-likeness (QED) is 0.742. The van der Waals surface area contributed by atoms with E-state index in [2.05, 4.69) is 20.2 Å². The summed E-state index contributed by atoms with van der Waals surface area (Å²) >= 11 is 0. The van der Waals surface area contributed by atoms with Crippen molar-refractivity contribution in [1.82, 2.24) is 15.3 Å². The van der Waals surface area contributed by atoms with Crippen molar-refractivity contribution in [2.75, 3.05) is 38.3 Å². The number of carbonyl (C=O) groups is 2. The lowest BCUT2D eigenvalue weighted by atomic mass is 9.88. The topological polar surface area (TPSA) is 114 Å². The Hall–Kier alpha value is -2.47. The number of nitrogens with one attached hydrogen (secondary N) is 1. The molecular formula is C17H23F3N4O5. The number of aromatic nitrogens is 2. The molecule has 2 N–H and O–H groups in total. The molecule has 29 heavy (non-hydrogen) atoms. The zero-order valence-electron chi connectivity index (χ0n) is 15.8. The van der Waals surface area contributed by atoms with Crippen LogP contribution >= 0.6 is 0 Å². The summed E-state index contributed by atoms with van der Waals surface area (Å²) in [6.45, 7) is 2.48. The summed E-state index contributed by atoms with van der Waals surface area (Å²) in [4.78, 5) is 30.8. The van der Waals surface area contributed by atoms with Gasteiger partial charge in [-0.15, -0.1) is 0 Å². The molecule has 1 unspecified atom stereocenters. The molecule has 2 aliphatic rings. The molecule has 3 heterocycles. The predicted octanol–water partition coefficient (Wildman–Crippen LogP) is 1.00. The van der Waals surface area contributed by atoms with Gasteiger partial charge >= 0.3 is 12.1 Å². The molecule has 162 valence electrons. The van der Waals surface area contributed by atoms with Gasteiger partial charge < -0.3 is 24.8 Å². The molecule has 3 rings (SSSR count). The smallest absolute Gasteiger partial charge is 0.475 e. The molecule has 0 radical (unpaired) electrons. The summed E-state index contributed by atoms with van der Waals surface area (Å²) in [5.74, 6) is -1.94. The van der Waals surface area contributed by atoms with Crippen LogP contribution in [-0.4, -0.2) is 78.2 Å². The second-order valence-corrected chi connectivity index (χ2v) is 6.66. The minimum Gasteiger partial charge on any atom is -0.475 e. The van der Waals surface area contributed by atoms with Crippen LogP contribution in [0, 0.1) is 0 Å². The van der Waals surface area contributed by atoms with Crippen LogP contribution in [0.5, 0.6) is 0 Å². The van der Waals surface area contributed by atoms with E-state index < -0.39 is 12.1 Å². The van der Waals surface area contributed by atoms with Gasteiger partial charge in [0.25, 0.3) is 0 Å². The molecule has 1 aromatic heterocycles. The highest BCUT2D eigenvalue weighted by Gasteiger charge is 2.43. The number of likely N-dealkylation sites (N-methyl/N-ethyl adjacent to an activating group) is 1. The Morgan fingerprint density at radius 3 is 2.55 bits per heavy atom. The fourth-order valence-electron chi connectivity index (χ4n) is 3.12. The summed E-state index contributed by atoms with van der Waals surface area (Å²) in [5.41, 5.74) is -0.105. The van der Waals surface area contributed by atoms with E-state index in [1.54, 1.807) is 25.6 Å². The van der Waals surface area contributed by atoms with Crippen molar-refractivity contribution >= 4 is 17.7 Å². The van der Waals surface area contributed by atoms with Crippen LogP contribution in [0.4, 0.5) is 19.0 Å². The van der Waals surface area contributed by atoms with Gasteiger partial charge in [0.15, 0.2) is 0 Å². The van der Waals surface area contributed by atoms with Crippen molar-refractivity contribution in [2.24, 2.45) is 0 Å². The lowest BCUT2D eigenvalue weighted by Gasteiger charge is -2.39. The van der Waals surface area contributed by atoms with Gasteiger partial charge in [0.2, 0.25) is 5.91 Å². The molecule has 0 bridgehead atoms. The number of nitrogens with zero attached hydrogens (tertiary/aromatic N) is 3. The Morgan fingerprint density at radius 2 is 2.03 bits per heavy atom. The molecule has 0 saturated carbocycles. The standard InChI is InChI=1S/C15H22N4O3.C2HF3O2/c1-16-14(20)11-21-12-8-15(22-10-12)2-6-19(7-3-15)13-9-17-4-5-18-13;3-2(4,5)1(6)7/h4-5,9,12H,2-3,6-8,10-11H2,1H3,(H,16,20);(H,6,7). The van der Waals surface area contributed by atoms with E-state index in [1.165, 1.54) is 0 Å². The van der Waals surface area contributed by atoms with E-state index in [0.717, 1.165) is 38.2 Å². The maximum absolute atomic E-state index is 11.2. The molecular weight excluding hydrogens is 397 g/mol. The van der Waals surface area contributed by atoms with E-state index in [0.29, 0.717) is 6.61 Å². The number of halogens is 3. The van der Waals surface area contributed by atoms with Gasteiger partial charge in [0, 0.05) is 39.0 Å². The Morgan fingerprint density at radius 1 is 1.38 bits per heavy atom. The number of amides is 1. The van der Waals surface area contributed by atoms with Gasteiger partial charge in [-0.1, -0.05) is 0 Å². The summed E-state index contributed by atoms with van der Waals surface area (Å²) in [5, 5.41) is 9.68. The Labute approximate surface area is 165 Å². The number of hydrogen-bond acceptors (Lipinski definition) is 7. The van der Waals surface area contributed by atoms with E-state index in [9.17, 15) is 18.0 Å². The third kappa shape index (κ3) is 6.82. The summed E-state index contributed by atoms with van der Waals surface area (Å²) in [6, 6.07) is 0. The van der Waals surface area contributed by atoms with Crippen LogP contribution in [0.1, 0.15) is 19.3 Å². The van der Waals surface area contributed by atoms with Crippen LogP contribution in [0.15, 0.2) is 18.6 Å². The van der Waals surface area contributed by atoms with E-state index in [1.807, 2.05) is 0 Å². The highest BCUT2D eigenvalue weighted by molar-refractivity contribution is 5.76. The number of carboxylic acid groups (broad SMARTS) is 1. The fraction of sp³-hybridized carbons (Fsp3) is 0.647. The van der Waals surface area contributed by atoms with Crippen LogP contribution in [0.3, 0.4) is 0 Å². The zero-order chi connectivity index (χ0) is 21.5. The number of hydrogen-bond donors (Lipinski definition) is 2. The number of ether oxygens (including phenoxy) is 2. The summed E-state index contributed by atoms with van der Waals surface area (Å²) in [6.07, 6.45) is 2.88. The van der Waals surface area contributed by atoms with Crippen molar-refractivity contribution in [2.45, 2.75) is 37.1 Å². The Kier molecular flexibility index (Phi) is 7.73. The molecule has 2 aliphatic heterocycles. The number of carbonyl (C=O) groups excluding carboxylic acids is 1. The van der Waals surface area contributed by atoms with Crippen molar-refractivity contribution in [3.8, 4) is 0 Å². The molecule has 1 aromatic rings. The first-order valence-electron chi connectivity index (χ1n) is 8.92. The molecule has 9 nitrogen and oxygen atoms in total. The lowest BCUT2D eigenvalue weighted by Crippen LogP contribution is -2.44. The number of aliphatic carboxylic acids is 1. The number of piperidine rings is 1. The monoisotopic (exact) mass is 420 g/mol. The molecule has 1 spiro atoms. The third-order valence-corrected chi connectivity index (χ3v) is 4.69. The predicted molar refractivity (Wildman–Crippen MR) is 94.3 cm³/mol. The molecule has 1 atom stereocenters. The fourth-order valence-corrected chi connectivity index (χ4v) is 3.12. The number of alkyl halides is 3. The van der Waals surface area contributed by atoms with Crippen molar-refractivity contribution in [3.05, 3.63) is 18.6 Å². The highest BCUT2D eigenvalue weighted by Crippen LogP contribution is 2.37. The molecule has 2 saturated heterocycles. The van der Waals surface area contributed by atoms with Gasteiger partial charge in [-0.05, 0) is 12.8 Å². The molecule has 0 aromatic carbocycles. The van der Waals surface area contributed by atoms with Crippen molar-refractivity contribution in [3.63, 3.8) is 0 Å². The van der Waals surface area contributed by atoms with Crippen LogP contribution in [0.25, 0.3) is 0 Å². The Bertz CT molecular complexity index is 681. The largest absolute Gasteiger partial charge is 0.490 e. The average molecular weight is 420 g/mol. The van der Waals surface area contributed by atoms with E-state index in [-0.39, 0.29) is 24.2 Å². The minimum atomic E-state index is -5.08. The normalized spacial score (nSPS) is 20.7. The summed E-state index contributed by atoms with van der Waals surface area (Å²) in [7, 11) is 1.61. The van der Waals surface area contributed by atoms with Gasteiger partial charge in [-0.25, -0.2) is 9.78 Å². The second-order valence-electron chi connectivity index (χ2n) is 6.66. The first-order valence-corrected chi connectivity index (χ1v) is 8.92. The Balaban J connectivity index is 0.000000370. The van der Waals surface area contributed by atoms with Crippen LogP contribution in [0.2, 0.25) is 0 Å². The maximum Gasteiger partial charge on any atom is 0.490 e. The lowest BCUT2D eigenvalue weighted by molar-refractivity contribution is -0.192. The first-order chi connectivity index (χ1) is 13.6. The molecule has 1 amide bonds. The van der Waals surface area contributed by atoms with Gasteiger partial charge in [0.05, 0.1) is 24.5 Å². The van der Waals surface area contributed by atoms with Gasteiger partial charge in [0.1, 0.15) is 12.4 Å². The molecule has 12 heteroatoms. The van der Waals surface area contributed by atoms with Crippen molar-refractivity contribution < 1.29 is 37.3 Å². The van der Waals surface area contributed by atoms with Gasteiger partial charge in [-0.2, -0.15) is 13.2 Å². The number of rotatable bonds is 4. The average Bonchev–Trinajstić information content (AvgIpc) is 3.09. The molecule has 2 fully saturated rings. The molecule has 0 aliphatic carbocycles. The number of carboxylic acids is 1. The second kappa shape index (κ2) is 9.83. The van der Waals surface area contributed by atoms with Crippen LogP contribution in [-0.2, 0) is 19.1 Å². The van der Waals surface area contributed by atoms with E-state index in [4.69, 9.17) is 19.4 Å². The number of anilines is 1. The third-order valence-electron chi connectivity index (χ3n) is 4.69. The summed E-state index contributed by atoms with van der Waals surface area (Å²) < 4.78 is 43.4. The maximum atomic E-state index is 11.2. The van der Waals surface area contributed by atoms with Gasteiger partial charge in [-0.3, -0.25) is 9.78 Å². The van der Waals surface area contributed by atoms with E-state index >= 15 is 0 Å². The minimum absolute atomic E-state index is 0.0142. The SMILES string of the molecule is CNC(=O)COC1COC2(CCN(c3cnccn3)CC2)C1.O=C(O)C(F)(F)F. The highest BCUT2D eigenvalue weighted by atomic mass is 19.4. The van der Waals surface area contributed by atoms with Crippen molar-refractivity contribution in [1.29, 1.82) is 0 Å². The van der Waals surface area contributed by atoms with Crippen LogP contribution < -0.4 is 10.2 Å².